The Balaban J connectivity index is 2.64. The van der Waals surface area contributed by atoms with Crippen molar-refractivity contribution in [1.29, 1.82) is 0 Å². The molecule has 0 radical (unpaired) electrons. The van der Waals surface area contributed by atoms with E-state index in [-0.39, 0.29) is 17.9 Å². The molecule has 1 rings (SSSR count). The summed E-state index contributed by atoms with van der Waals surface area (Å²) in [6, 6.07) is 0. The number of primary amides is 1. The molecule has 2 unspecified atom stereocenters. The van der Waals surface area contributed by atoms with Crippen LogP contribution in [0.1, 0.15) is 6.42 Å². The molecule has 0 bridgehead atoms. The molecule has 1 aliphatic heterocycles. The Bertz CT molecular complexity index is 287. The molecule has 0 aliphatic carbocycles. The quantitative estimate of drug-likeness (QED) is 0.629. The number of carbonyl (C=O) groups excluding carboxylic acids is 1. The number of hydrogen-bond acceptors (Lipinski definition) is 3. The van der Waals surface area contributed by atoms with E-state index in [0.29, 0.717) is 0 Å². The van der Waals surface area contributed by atoms with Crippen LogP contribution in [-0.4, -0.2) is 32.0 Å². The number of rotatable bonds is 2. The number of carbonyl (C=O) groups is 1. The number of hydrogen-bond donors (Lipinski definition) is 1. The highest BCUT2D eigenvalue weighted by Crippen LogP contribution is 2.23. The Labute approximate surface area is 69.9 Å². The molecule has 2 atom stereocenters. The Morgan fingerprint density at radius 1 is 1.58 bits per heavy atom. The van der Waals surface area contributed by atoms with Gasteiger partial charge in [0.15, 0.2) is 16.0 Å². The maximum absolute atomic E-state index is 12.8. The number of alkyl halides is 1. The lowest BCUT2D eigenvalue weighted by atomic mass is 10.0. The van der Waals surface area contributed by atoms with Gasteiger partial charge in [-0.25, -0.2) is 12.8 Å². The fourth-order valence-electron chi connectivity index (χ4n) is 1.29. The molecule has 1 saturated heterocycles. The lowest BCUT2D eigenvalue weighted by Gasteiger charge is -2.08. The van der Waals surface area contributed by atoms with E-state index >= 15 is 0 Å². The molecular formula is C6H10FNO3S. The number of nitrogens with two attached hydrogens (primary N) is 1. The number of amides is 1. The Morgan fingerprint density at radius 2 is 2.17 bits per heavy atom. The van der Waals surface area contributed by atoms with Gasteiger partial charge in [0.2, 0.25) is 0 Å². The molecule has 0 aromatic carbocycles. The van der Waals surface area contributed by atoms with Gasteiger partial charge >= 0.3 is 0 Å². The zero-order valence-electron chi connectivity index (χ0n) is 6.36. The van der Waals surface area contributed by atoms with Gasteiger partial charge < -0.3 is 5.73 Å². The summed E-state index contributed by atoms with van der Waals surface area (Å²) in [6.45, 7) is 0. The zero-order chi connectivity index (χ0) is 9.35. The van der Waals surface area contributed by atoms with Crippen LogP contribution in [-0.2, 0) is 14.6 Å². The van der Waals surface area contributed by atoms with Gasteiger partial charge in [0.1, 0.15) is 0 Å². The van der Waals surface area contributed by atoms with Crippen molar-refractivity contribution in [3.05, 3.63) is 0 Å². The van der Waals surface area contributed by atoms with Crippen LogP contribution in [0.4, 0.5) is 4.39 Å². The summed E-state index contributed by atoms with van der Waals surface area (Å²) >= 11 is 0. The van der Waals surface area contributed by atoms with Crippen LogP contribution in [0.15, 0.2) is 0 Å². The van der Waals surface area contributed by atoms with Crippen molar-refractivity contribution >= 4 is 15.7 Å². The van der Waals surface area contributed by atoms with Gasteiger partial charge in [-0.3, -0.25) is 4.79 Å². The van der Waals surface area contributed by atoms with E-state index in [1.807, 2.05) is 0 Å². The van der Waals surface area contributed by atoms with Crippen LogP contribution in [0.2, 0.25) is 0 Å². The SMILES string of the molecule is NC(=O)C(F)C1CCS(=O)(=O)C1. The van der Waals surface area contributed by atoms with E-state index in [2.05, 4.69) is 0 Å². The van der Waals surface area contributed by atoms with E-state index in [1.165, 1.54) is 0 Å². The molecule has 2 N–H and O–H groups in total. The fraction of sp³-hybridized carbons (Fsp3) is 0.833. The third-order valence-corrected chi connectivity index (χ3v) is 3.75. The van der Waals surface area contributed by atoms with Crippen molar-refractivity contribution in [3.8, 4) is 0 Å². The van der Waals surface area contributed by atoms with Gasteiger partial charge in [-0.2, -0.15) is 0 Å². The summed E-state index contributed by atoms with van der Waals surface area (Å²) in [6.07, 6.45) is -1.62. The molecule has 1 amide bonds. The van der Waals surface area contributed by atoms with Gasteiger partial charge in [-0.1, -0.05) is 0 Å². The molecule has 4 nitrogen and oxygen atoms in total. The first kappa shape index (κ1) is 9.44. The highest BCUT2D eigenvalue weighted by atomic mass is 32.2. The summed E-state index contributed by atoms with van der Waals surface area (Å²) < 4.78 is 34.5. The molecule has 0 saturated carbocycles. The molecule has 1 aliphatic rings. The molecule has 12 heavy (non-hydrogen) atoms. The maximum Gasteiger partial charge on any atom is 0.252 e. The zero-order valence-corrected chi connectivity index (χ0v) is 7.18. The van der Waals surface area contributed by atoms with Crippen LogP contribution in [0.3, 0.4) is 0 Å². The lowest BCUT2D eigenvalue weighted by molar-refractivity contribution is -0.124. The molecule has 0 aromatic heterocycles. The van der Waals surface area contributed by atoms with Crippen molar-refractivity contribution in [1.82, 2.24) is 0 Å². The van der Waals surface area contributed by atoms with Gasteiger partial charge in [0.25, 0.3) is 5.91 Å². The van der Waals surface area contributed by atoms with Gasteiger partial charge in [0, 0.05) is 5.92 Å². The fourth-order valence-corrected chi connectivity index (χ4v) is 3.10. The van der Waals surface area contributed by atoms with E-state index in [0.717, 1.165) is 0 Å². The van der Waals surface area contributed by atoms with E-state index in [1.54, 1.807) is 0 Å². The predicted molar refractivity (Wildman–Crippen MR) is 40.9 cm³/mol. The molecule has 0 aromatic rings. The van der Waals surface area contributed by atoms with Crippen molar-refractivity contribution < 1.29 is 17.6 Å². The summed E-state index contributed by atoms with van der Waals surface area (Å²) in [5.74, 6) is -2.09. The number of sulfone groups is 1. The van der Waals surface area contributed by atoms with Crippen molar-refractivity contribution in [2.75, 3.05) is 11.5 Å². The normalized spacial score (nSPS) is 29.9. The summed E-state index contributed by atoms with van der Waals surface area (Å²) in [7, 11) is -3.12. The molecule has 0 spiro atoms. The molecule has 70 valence electrons. The standard InChI is InChI=1S/C6H10FNO3S/c7-5(6(8)9)4-1-2-12(10,11)3-4/h4-5H,1-3H2,(H2,8,9). The van der Waals surface area contributed by atoms with Crippen LogP contribution in [0.5, 0.6) is 0 Å². The first-order valence-corrected chi connectivity index (χ1v) is 5.38. The van der Waals surface area contributed by atoms with Crippen molar-refractivity contribution in [2.24, 2.45) is 11.7 Å². The Morgan fingerprint density at radius 3 is 2.50 bits per heavy atom. The average molecular weight is 195 g/mol. The largest absolute Gasteiger partial charge is 0.367 e. The molecule has 1 fully saturated rings. The lowest BCUT2D eigenvalue weighted by Crippen LogP contribution is -2.32. The Kier molecular flexibility index (Phi) is 2.36. The Hall–Kier alpha value is -0.650. The summed E-state index contributed by atoms with van der Waals surface area (Å²) in [4.78, 5) is 10.3. The monoisotopic (exact) mass is 195 g/mol. The first-order chi connectivity index (χ1) is 5.42. The van der Waals surface area contributed by atoms with Crippen LogP contribution in [0.25, 0.3) is 0 Å². The van der Waals surface area contributed by atoms with E-state index in [4.69, 9.17) is 5.73 Å². The summed E-state index contributed by atoms with van der Waals surface area (Å²) in [5, 5.41) is 0. The van der Waals surface area contributed by atoms with E-state index in [9.17, 15) is 17.6 Å². The van der Waals surface area contributed by atoms with Gasteiger partial charge in [0.05, 0.1) is 11.5 Å². The topological polar surface area (TPSA) is 77.2 Å². The second-order valence-corrected chi connectivity index (χ2v) is 5.20. The molecule has 6 heteroatoms. The highest BCUT2D eigenvalue weighted by Gasteiger charge is 2.36. The minimum absolute atomic E-state index is 0.0363. The van der Waals surface area contributed by atoms with Gasteiger partial charge in [-0.05, 0) is 6.42 Å². The molecule has 1 heterocycles. The van der Waals surface area contributed by atoms with Crippen LogP contribution < -0.4 is 5.73 Å². The third kappa shape index (κ3) is 1.94. The first-order valence-electron chi connectivity index (χ1n) is 3.56. The van der Waals surface area contributed by atoms with Crippen molar-refractivity contribution in [3.63, 3.8) is 0 Å². The van der Waals surface area contributed by atoms with Gasteiger partial charge in [-0.15, -0.1) is 0 Å². The maximum atomic E-state index is 12.8. The van der Waals surface area contributed by atoms with Crippen LogP contribution in [0, 0.1) is 5.92 Å². The minimum Gasteiger partial charge on any atom is -0.367 e. The third-order valence-electron chi connectivity index (χ3n) is 1.95. The second kappa shape index (κ2) is 3.01. The molecular weight excluding hydrogens is 185 g/mol. The minimum atomic E-state index is -3.12. The second-order valence-electron chi connectivity index (χ2n) is 2.97. The number of halogens is 1. The summed E-state index contributed by atoms with van der Waals surface area (Å²) in [5.41, 5.74) is 4.70. The van der Waals surface area contributed by atoms with E-state index < -0.39 is 27.8 Å². The average Bonchev–Trinajstić information content (AvgIpc) is 2.28. The smallest absolute Gasteiger partial charge is 0.252 e. The van der Waals surface area contributed by atoms with Crippen molar-refractivity contribution in [2.45, 2.75) is 12.6 Å². The highest BCUT2D eigenvalue weighted by molar-refractivity contribution is 7.91. The predicted octanol–water partition coefficient (Wildman–Crippen LogP) is -0.756. The van der Waals surface area contributed by atoms with Crippen LogP contribution >= 0.6 is 0 Å².